The molecule has 0 bridgehead atoms. The molecule has 1 aliphatic heterocycles. The average Bonchev–Trinajstić information content (AvgIpc) is 3.09. The first-order chi connectivity index (χ1) is 15.2. The summed E-state index contributed by atoms with van der Waals surface area (Å²) in [5.41, 5.74) is 1.04. The van der Waals surface area contributed by atoms with Gasteiger partial charge in [-0.2, -0.15) is 0 Å². The third kappa shape index (κ3) is 5.34. The Morgan fingerprint density at radius 1 is 0.969 bits per heavy atom. The number of carbonyl (C=O) groups is 3. The quantitative estimate of drug-likeness (QED) is 0.390. The number of hydrogen-bond acceptors (Lipinski definition) is 7. The zero-order chi connectivity index (χ0) is 23.3. The highest BCUT2D eigenvalue weighted by Gasteiger charge is 2.53. The maximum atomic E-state index is 12.7. The van der Waals surface area contributed by atoms with Gasteiger partial charge in [-0.05, 0) is 38.1 Å². The predicted molar refractivity (Wildman–Crippen MR) is 115 cm³/mol. The van der Waals surface area contributed by atoms with Crippen molar-refractivity contribution in [2.45, 2.75) is 45.2 Å². The normalized spacial score (nSPS) is 21.9. The Labute approximate surface area is 186 Å². The molecule has 1 saturated heterocycles. The Bertz CT molecular complexity index is 1030. The minimum atomic E-state index is -1.61. The third-order valence-corrected chi connectivity index (χ3v) is 5.05. The second-order valence-corrected chi connectivity index (χ2v) is 7.63. The lowest BCUT2D eigenvalue weighted by atomic mass is 9.98. The minimum absolute atomic E-state index is 0.00344. The summed E-state index contributed by atoms with van der Waals surface area (Å²) in [5.74, 6) is 0.637. The molecule has 0 amide bonds. The van der Waals surface area contributed by atoms with Crippen molar-refractivity contribution in [2.24, 2.45) is 0 Å². The van der Waals surface area contributed by atoms with Gasteiger partial charge in [0.1, 0.15) is 6.61 Å². The Morgan fingerprint density at radius 3 is 2.00 bits per heavy atom. The second-order valence-electron chi connectivity index (χ2n) is 7.63. The first-order valence-electron chi connectivity index (χ1n) is 10.1. The van der Waals surface area contributed by atoms with E-state index in [9.17, 15) is 14.4 Å². The van der Waals surface area contributed by atoms with Crippen LogP contribution in [0.5, 0.6) is 0 Å². The molecule has 3 rings (SSSR count). The predicted octanol–water partition coefficient (Wildman–Crippen LogP) is 3.37. The first-order valence-corrected chi connectivity index (χ1v) is 10.1. The molecule has 1 unspecified atom stereocenters. The summed E-state index contributed by atoms with van der Waals surface area (Å²) in [6.45, 7) is 4.64. The van der Waals surface area contributed by atoms with Gasteiger partial charge in [0, 0.05) is 6.92 Å². The fourth-order valence-corrected chi connectivity index (χ4v) is 3.25. The Hall–Kier alpha value is -3.63. The molecular formula is C25H24O7. The van der Waals surface area contributed by atoms with Crippen molar-refractivity contribution in [1.82, 2.24) is 0 Å². The lowest BCUT2D eigenvalue weighted by Gasteiger charge is -2.28. The van der Waals surface area contributed by atoms with Crippen LogP contribution >= 0.6 is 0 Å². The van der Waals surface area contributed by atoms with Gasteiger partial charge in [0.2, 0.25) is 11.9 Å². The van der Waals surface area contributed by atoms with Crippen LogP contribution in [-0.4, -0.2) is 42.5 Å². The van der Waals surface area contributed by atoms with E-state index in [1.807, 2.05) is 13.8 Å². The maximum absolute atomic E-state index is 12.7. The van der Waals surface area contributed by atoms with Gasteiger partial charge >= 0.3 is 17.9 Å². The van der Waals surface area contributed by atoms with E-state index in [2.05, 4.69) is 5.92 Å². The number of esters is 3. The molecule has 1 heterocycles. The summed E-state index contributed by atoms with van der Waals surface area (Å²) in [5, 5.41) is 0. The first kappa shape index (κ1) is 23.0. The number of terminal acetylenes is 1. The molecule has 0 aliphatic carbocycles. The highest BCUT2D eigenvalue weighted by atomic mass is 16.7. The average molecular weight is 436 g/mol. The van der Waals surface area contributed by atoms with Crippen LogP contribution in [0.2, 0.25) is 0 Å². The monoisotopic (exact) mass is 436 g/mol. The van der Waals surface area contributed by atoms with E-state index in [-0.39, 0.29) is 13.0 Å². The highest BCUT2D eigenvalue weighted by molar-refractivity contribution is 5.90. The summed E-state index contributed by atoms with van der Waals surface area (Å²) in [6, 6.07) is 13.6. The van der Waals surface area contributed by atoms with Gasteiger partial charge in [-0.25, -0.2) is 9.59 Å². The molecule has 0 aromatic heterocycles. The standard InChI is InChI=1S/C25H24O7/c1-5-25(15-29-23(27)19-10-6-16(2)7-11-19)21(14-22(32-25)30-18(4)26)31-24(28)20-12-8-17(3)9-13-20/h1,6-13,21-22H,14-15H2,2-4H3/t21-,22?,25+/m1/s1. The topological polar surface area (TPSA) is 88.1 Å². The van der Waals surface area contributed by atoms with Crippen molar-refractivity contribution in [2.75, 3.05) is 6.61 Å². The molecule has 3 atom stereocenters. The largest absolute Gasteiger partial charge is 0.458 e. The van der Waals surface area contributed by atoms with Crippen molar-refractivity contribution in [1.29, 1.82) is 0 Å². The minimum Gasteiger partial charge on any atom is -0.458 e. The molecule has 32 heavy (non-hydrogen) atoms. The molecular weight excluding hydrogens is 412 g/mol. The summed E-state index contributed by atoms with van der Waals surface area (Å²) in [6.07, 6.45) is 3.69. The zero-order valence-corrected chi connectivity index (χ0v) is 18.1. The lowest BCUT2D eigenvalue weighted by Crippen LogP contribution is -2.45. The van der Waals surface area contributed by atoms with Crippen molar-refractivity contribution < 1.29 is 33.3 Å². The molecule has 0 N–H and O–H groups in total. The summed E-state index contributed by atoms with van der Waals surface area (Å²) in [7, 11) is 0. The summed E-state index contributed by atoms with van der Waals surface area (Å²) >= 11 is 0. The number of ether oxygens (including phenoxy) is 4. The second kappa shape index (κ2) is 9.67. The van der Waals surface area contributed by atoms with Crippen LogP contribution in [0.15, 0.2) is 48.5 Å². The summed E-state index contributed by atoms with van der Waals surface area (Å²) in [4.78, 5) is 36.6. The molecule has 2 aromatic rings. The van der Waals surface area contributed by atoms with E-state index in [4.69, 9.17) is 25.4 Å². The van der Waals surface area contributed by atoms with Gasteiger partial charge in [0.25, 0.3) is 0 Å². The fraction of sp³-hybridized carbons (Fsp3) is 0.320. The van der Waals surface area contributed by atoms with Gasteiger partial charge in [0.05, 0.1) is 17.5 Å². The Morgan fingerprint density at radius 2 is 1.50 bits per heavy atom. The van der Waals surface area contributed by atoms with Crippen molar-refractivity contribution in [3.63, 3.8) is 0 Å². The third-order valence-electron chi connectivity index (χ3n) is 5.05. The maximum Gasteiger partial charge on any atom is 0.338 e. The van der Waals surface area contributed by atoms with Crippen LogP contribution in [0.25, 0.3) is 0 Å². The summed E-state index contributed by atoms with van der Waals surface area (Å²) < 4.78 is 21.9. The molecule has 7 nitrogen and oxygen atoms in total. The van der Waals surface area contributed by atoms with Crippen LogP contribution in [0.1, 0.15) is 45.2 Å². The number of rotatable bonds is 6. The van der Waals surface area contributed by atoms with Crippen LogP contribution in [0.3, 0.4) is 0 Å². The smallest absolute Gasteiger partial charge is 0.338 e. The SMILES string of the molecule is C#C[C@@]1(COC(=O)c2ccc(C)cc2)OC(OC(C)=O)C[C@H]1OC(=O)c1ccc(C)cc1. The van der Waals surface area contributed by atoms with Gasteiger partial charge in [-0.1, -0.05) is 41.3 Å². The van der Waals surface area contributed by atoms with E-state index in [0.29, 0.717) is 11.1 Å². The van der Waals surface area contributed by atoms with Crippen LogP contribution in [0.4, 0.5) is 0 Å². The van der Waals surface area contributed by atoms with Gasteiger partial charge < -0.3 is 18.9 Å². The highest BCUT2D eigenvalue weighted by Crippen LogP contribution is 2.35. The lowest BCUT2D eigenvalue weighted by molar-refractivity contribution is -0.184. The van der Waals surface area contributed by atoms with E-state index in [1.54, 1.807) is 48.5 Å². The molecule has 2 aromatic carbocycles. The number of aryl methyl sites for hydroxylation is 2. The van der Waals surface area contributed by atoms with Crippen molar-refractivity contribution in [3.05, 3.63) is 70.8 Å². The fourth-order valence-electron chi connectivity index (χ4n) is 3.25. The van der Waals surface area contributed by atoms with E-state index in [0.717, 1.165) is 11.1 Å². The number of hydrogen-bond donors (Lipinski definition) is 0. The van der Waals surface area contributed by atoms with Gasteiger partial charge in [-0.3, -0.25) is 4.79 Å². The molecule has 0 radical (unpaired) electrons. The van der Waals surface area contributed by atoms with E-state index < -0.39 is 35.9 Å². The van der Waals surface area contributed by atoms with Gasteiger partial charge in [0.15, 0.2) is 6.10 Å². The van der Waals surface area contributed by atoms with Crippen molar-refractivity contribution in [3.8, 4) is 12.3 Å². The Kier molecular flexibility index (Phi) is 6.96. The number of carbonyl (C=O) groups excluding carboxylic acids is 3. The van der Waals surface area contributed by atoms with Crippen molar-refractivity contribution >= 4 is 17.9 Å². The van der Waals surface area contributed by atoms with Gasteiger partial charge in [-0.15, -0.1) is 6.42 Å². The molecule has 0 spiro atoms. The molecule has 0 saturated carbocycles. The van der Waals surface area contributed by atoms with Crippen LogP contribution in [0, 0.1) is 26.2 Å². The Balaban J connectivity index is 1.78. The molecule has 166 valence electrons. The van der Waals surface area contributed by atoms with E-state index >= 15 is 0 Å². The van der Waals surface area contributed by atoms with E-state index in [1.165, 1.54) is 6.92 Å². The zero-order valence-electron chi connectivity index (χ0n) is 18.1. The van der Waals surface area contributed by atoms with Crippen LogP contribution in [-0.2, 0) is 23.7 Å². The number of benzene rings is 2. The molecule has 1 aliphatic rings. The molecule has 1 fully saturated rings. The van der Waals surface area contributed by atoms with Crippen LogP contribution < -0.4 is 0 Å². The molecule has 7 heteroatoms.